The molecule has 0 saturated heterocycles. The monoisotopic (exact) mass is 268 g/mol. The molecule has 2 heterocycles. The number of hydrogen-bond donors (Lipinski definition) is 1. The van der Waals surface area contributed by atoms with Gasteiger partial charge in [-0.25, -0.2) is 15.0 Å². The Morgan fingerprint density at radius 2 is 2.00 bits per heavy atom. The SMILES string of the molecule is CC(C)c1nc2cc(NCc3cncnc3)ccc2o1. The third-order valence-electron chi connectivity index (χ3n) is 3.01. The predicted molar refractivity (Wildman–Crippen MR) is 77.5 cm³/mol. The van der Waals surface area contributed by atoms with Crippen LogP contribution in [0.5, 0.6) is 0 Å². The van der Waals surface area contributed by atoms with E-state index in [0.29, 0.717) is 12.5 Å². The van der Waals surface area contributed by atoms with Gasteiger partial charge in [-0.2, -0.15) is 0 Å². The van der Waals surface area contributed by atoms with Crippen molar-refractivity contribution in [1.82, 2.24) is 15.0 Å². The summed E-state index contributed by atoms with van der Waals surface area (Å²) in [6.07, 6.45) is 5.12. The Bertz CT molecular complexity index is 706. The maximum atomic E-state index is 5.69. The van der Waals surface area contributed by atoms with Crippen molar-refractivity contribution in [2.45, 2.75) is 26.3 Å². The Balaban J connectivity index is 1.78. The molecule has 0 aliphatic carbocycles. The summed E-state index contributed by atoms with van der Waals surface area (Å²) < 4.78 is 5.69. The number of nitrogens with zero attached hydrogens (tertiary/aromatic N) is 3. The highest BCUT2D eigenvalue weighted by Gasteiger charge is 2.09. The largest absolute Gasteiger partial charge is 0.440 e. The van der Waals surface area contributed by atoms with Gasteiger partial charge in [-0.05, 0) is 18.2 Å². The normalized spacial score (nSPS) is 11.2. The van der Waals surface area contributed by atoms with E-state index in [9.17, 15) is 0 Å². The average Bonchev–Trinajstić information content (AvgIpc) is 2.89. The summed E-state index contributed by atoms with van der Waals surface area (Å²) >= 11 is 0. The molecule has 0 aliphatic heterocycles. The van der Waals surface area contributed by atoms with Crippen LogP contribution in [-0.4, -0.2) is 15.0 Å². The molecule has 1 N–H and O–H groups in total. The first kappa shape index (κ1) is 12.6. The fraction of sp³-hybridized carbons (Fsp3) is 0.267. The van der Waals surface area contributed by atoms with Crippen molar-refractivity contribution < 1.29 is 4.42 Å². The number of oxazole rings is 1. The molecule has 5 nitrogen and oxygen atoms in total. The van der Waals surface area contributed by atoms with Crippen LogP contribution in [0.25, 0.3) is 11.1 Å². The first-order valence-corrected chi connectivity index (χ1v) is 6.60. The number of aromatic nitrogens is 3. The molecule has 0 unspecified atom stereocenters. The fourth-order valence-electron chi connectivity index (χ4n) is 1.93. The number of hydrogen-bond acceptors (Lipinski definition) is 5. The zero-order valence-corrected chi connectivity index (χ0v) is 11.5. The molecular formula is C15H16N4O. The predicted octanol–water partition coefficient (Wildman–Crippen LogP) is 3.35. The lowest BCUT2D eigenvalue weighted by Crippen LogP contribution is -2.00. The van der Waals surface area contributed by atoms with E-state index in [-0.39, 0.29) is 0 Å². The Morgan fingerprint density at radius 3 is 2.75 bits per heavy atom. The quantitative estimate of drug-likeness (QED) is 0.786. The summed E-state index contributed by atoms with van der Waals surface area (Å²) in [5.41, 5.74) is 3.74. The van der Waals surface area contributed by atoms with E-state index < -0.39 is 0 Å². The van der Waals surface area contributed by atoms with Crippen LogP contribution in [0.15, 0.2) is 41.3 Å². The molecule has 0 radical (unpaired) electrons. The zero-order valence-electron chi connectivity index (χ0n) is 11.5. The van der Waals surface area contributed by atoms with Crippen molar-refractivity contribution in [1.29, 1.82) is 0 Å². The lowest BCUT2D eigenvalue weighted by Gasteiger charge is -2.05. The van der Waals surface area contributed by atoms with Gasteiger partial charge in [-0.15, -0.1) is 0 Å². The Morgan fingerprint density at radius 1 is 1.20 bits per heavy atom. The number of anilines is 1. The van der Waals surface area contributed by atoms with E-state index in [1.807, 2.05) is 18.2 Å². The van der Waals surface area contributed by atoms with Crippen LogP contribution in [0.1, 0.15) is 31.2 Å². The van der Waals surface area contributed by atoms with E-state index in [4.69, 9.17) is 4.42 Å². The van der Waals surface area contributed by atoms with Gasteiger partial charge in [0.25, 0.3) is 0 Å². The average molecular weight is 268 g/mol. The van der Waals surface area contributed by atoms with Crippen molar-refractivity contribution in [3.63, 3.8) is 0 Å². The highest BCUT2D eigenvalue weighted by Crippen LogP contribution is 2.23. The molecule has 1 aromatic carbocycles. The summed E-state index contributed by atoms with van der Waals surface area (Å²) in [7, 11) is 0. The first-order chi connectivity index (χ1) is 9.72. The summed E-state index contributed by atoms with van der Waals surface area (Å²) in [5.74, 6) is 1.06. The molecule has 0 spiro atoms. The van der Waals surface area contributed by atoms with Gasteiger partial charge in [0, 0.05) is 36.1 Å². The van der Waals surface area contributed by atoms with Crippen LogP contribution in [0.3, 0.4) is 0 Å². The lowest BCUT2D eigenvalue weighted by molar-refractivity contribution is 0.501. The number of nitrogens with one attached hydrogen (secondary N) is 1. The topological polar surface area (TPSA) is 63.8 Å². The molecule has 3 rings (SSSR count). The Hall–Kier alpha value is -2.43. The van der Waals surface area contributed by atoms with E-state index in [2.05, 4.69) is 34.1 Å². The van der Waals surface area contributed by atoms with E-state index >= 15 is 0 Å². The van der Waals surface area contributed by atoms with Crippen LogP contribution in [0.2, 0.25) is 0 Å². The third kappa shape index (κ3) is 2.61. The van der Waals surface area contributed by atoms with E-state index in [0.717, 1.165) is 28.2 Å². The van der Waals surface area contributed by atoms with Gasteiger partial charge in [0.1, 0.15) is 11.8 Å². The summed E-state index contributed by atoms with van der Waals surface area (Å²) in [6, 6.07) is 5.92. The van der Waals surface area contributed by atoms with Gasteiger partial charge in [-0.1, -0.05) is 13.8 Å². The zero-order chi connectivity index (χ0) is 13.9. The first-order valence-electron chi connectivity index (χ1n) is 6.60. The minimum absolute atomic E-state index is 0.292. The molecule has 0 amide bonds. The van der Waals surface area contributed by atoms with Crippen molar-refractivity contribution in [3.05, 3.63) is 48.4 Å². The maximum Gasteiger partial charge on any atom is 0.198 e. The molecule has 20 heavy (non-hydrogen) atoms. The van der Waals surface area contributed by atoms with Crippen molar-refractivity contribution in [2.75, 3.05) is 5.32 Å². The molecule has 3 aromatic rings. The molecule has 5 heteroatoms. The Kier molecular flexibility index (Phi) is 3.33. The Labute approximate surface area is 117 Å². The van der Waals surface area contributed by atoms with Crippen LogP contribution in [0.4, 0.5) is 5.69 Å². The second kappa shape index (κ2) is 5.28. The van der Waals surface area contributed by atoms with Crippen LogP contribution in [0, 0.1) is 0 Å². The fourth-order valence-corrected chi connectivity index (χ4v) is 1.93. The third-order valence-corrected chi connectivity index (χ3v) is 3.01. The number of benzene rings is 1. The van der Waals surface area contributed by atoms with Crippen molar-refractivity contribution >= 4 is 16.8 Å². The van der Waals surface area contributed by atoms with E-state index in [1.54, 1.807) is 12.4 Å². The van der Waals surface area contributed by atoms with Gasteiger partial charge in [0.15, 0.2) is 11.5 Å². The second-order valence-corrected chi connectivity index (χ2v) is 4.99. The maximum absolute atomic E-state index is 5.69. The molecule has 0 aliphatic rings. The van der Waals surface area contributed by atoms with Crippen LogP contribution in [-0.2, 0) is 6.54 Å². The number of rotatable bonds is 4. The van der Waals surface area contributed by atoms with Crippen LogP contribution < -0.4 is 5.32 Å². The molecule has 0 saturated carbocycles. The molecule has 0 bridgehead atoms. The van der Waals surface area contributed by atoms with Gasteiger partial charge in [0.2, 0.25) is 0 Å². The van der Waals surface area contributed by atoms with Gasteiger partial charge in [-0.3, -0.25) is 0 Å². The summed E-state index contributed by atoms with van der Waals surface area (Å²) in [4.78, 5) is 12.5. The molecule has 102 valence electrons. The smallest absolute Gasteiger partial charge is 0.198 e. The molecule has 0 atom stereocenters. The summed E-state index contributed by atoms with van der Waals surface area (Å²) in [5, 5.41) is 3.33. The minimum Gasteiger partial charge on any atom is -0.440 e. The second-order valence-electron chi connectivity index (χ2n) is 4.99. The van der Waals surface area contributed by atoms with Crippen molar-refractivity contribution in [2.24, 2.45) is 0 Å². The van der Waals surface area contributed by atoms with E-state index in [1.165, 1.54) is 6.33 Å². The highest BCUT2D eigenvalue weighted by molar-refractivity contribution is 5.77. The van der Waals surface area contributed by atoms with Gasteiger partial charge >= 0.3 is 0 Å². The lowest BCUT2D eigenvalue weighted by atomic mass is 10.2. The molecule has 2 aromatic heterocycles. The summed E-state index contributed by atoms with van der Waals surface area (Å²) in [6.45, 7) is 4.82. The standard InChI is InChI=1S/C15H16N4O/c1-10(2)15-19-13-5-12(3-4-14(13)20-15)18-8-11-6-16-9-17-7-11/h3-7,9-10,18H,8H2,1-2H3. The van der Waals surface area contributed by atoms with Crippen LogP contribution >= 0.6 is 0 Å². The highest BCUT2D eigenvalue weighted by atomic mass is 16.3. The van der Waals surface area contributed by atoms with Gasteiger partial charge < -0.3 is 9.73 Å². The minimum atomic E-state index is 0.292. The molecule has 0 fully saturated rings. The number of fused-ring (bicyclic) bond motifs is 1. The van der Waals surface area contributed by atoms with Crippen molar-refractivity contribution in [3.8, 4) is 0 Å². The van der Waals surface area contributed by atoms with Gasteiger partial charge in [0.05, 0.1) is 0 Å². The molecular weight excluding hydrogens is 252 g/mol.